The number of hydrogen-bond acceptors (Lipinski definition) is 0. The Morgan fingerprint density at radius 3 is 1.89 bits per heavy atom. The molecular weight excluding hydrogens is 376 g/mol. The Labute approximate surface area is 170 Å². The van der Waals surface area contributed by atoms with Crippen molar-refractivity contribution in [2.24, 2.45) is 0 Å². The molecule has 3 aromatic carbocycles. The molecule has 0 radical (unpaired) electrons. The molecule has 0 saturated carbocycles. The van der Waals surface area contributed by atoms with Gasteiger partial charge in [0.1, 0.15) is 17.9 Å². The second-order valence-electron chi connectivity index (χ2n) is 9.08. The molecule has 2 atom stereocenters. The summed E-state index contributed by atoms with van der Waals surface area (Å²) in [7, 11) is -0.318. The number of hydrogen-bond donors (Lipinski definition) is 0. The topological polar surface area (TPSA) is 0 Å². The number of para-hydroxylation sites is 1. The van der Waals surface area contributed by atoms with E-state index in [-0.39, 0.29) is 0 Å². The van der Waals surface area contributed by atoms with Gasteiger partial charge in [-0.05, 0) is 30.3 Å². The van der Waals surface area contributed by atoms with Gasteiger partial charge in [0.25, 0.3) is 5.52 Å². The smallest absolute Gasteiger partial charge is 0.225 e. The molecule has 2 aliphatic rings. The van der Waals surface area contributed by atoms with Gasteiger partial charge in [0, 0.05) is 12.5 Å². The summed E-state index contributed by atoms with van der Waals surface area (Å²) in [4.78, 5) is 0. The molecule has 28 heavy (non-hydrogen) atoms. The highest BCUT2D eigenvalue weighted by Crippen LogP contribution is 2.82. The average molecular weight is 406 g/mol. The van der Waals surface area contributed by atoms with Crippen molar-refractivity contribution in [3.63, 3.8) is 0 Å². The molecule has 0 N–H and O–H groups in total. The summed E-state index contributed by atoms with van der Waals surface area (Å²) >= 11 is 0. The molecule has 0 bridgehead atoms. The monoisotopic (exact) mass is 406 g/mol. The zero-order valence-corrected chi connectivity index (χ0v) is 18.9. The molecule has 2 aliphatic heterocycles. The molecule has 3 aromatic rings. The van der Waals surface area contributed by atoms with Crippen molar-refractivity contribution in [2.45, 2.75) is 11.9 Å². The van der Waals surface area contributed by atoms with E-state index in [1.54, 1.807) is 21.6 Å². The van der Waals surface area contributed by atoms with Crippen LogP contribution in [0, 0.1) is 0 Å². The molecule has 142 valence electrons. The third kappa shape index (κ3) is 2.37. The number of benzene rings is 3. The van der Waals surface area contributed by atoms with Gasteiger partial charge in [-0.25, -0.2) is 4.48 Å². The van der Waals surface area contributed by atoms with Crippen LogP contribution in [0.1, 0.15) is 6.42 Å². The normalized spacial score (nSPS) is 27.0. The van der Waals surface area contributed by atoms with Gasteiger partial charge in [0.2, 0.25) is 7.26 Å². The fourth-order valence-electron chi connectivity index (χ4n) is 6.16. The predicted molar refractivity (Wildman–Crippen MR) is 130 cm³/mol. The van der Waals surface area contributed by atoms with Gasteiger partial charge in [0.15, 0.2) is 11.0 Å². The first-order chi connectivity index (χ1) is 13.5. The van der Waals surface area contributed by atoms with Crippen LogP contribution in [0.25, 0.3) is 0 Å². The molecule has 0 aromatic heterocycles. The summed E-state index contributed by atoms with van der Waals surface area (Å²) in [6.45, 7) is 6.55. The minimum atomic E-state index is -1.74. The second-order valence-corrected chi connectivity index (χ2v) is 17.4. The van der Waals surface area contributed by atoms with Crippen molar-refractivity contribution in [1.29, 1.82) is 0 Å². The molecule has 2 heterocycles. The highest BCUT2D eigenvalue weighted by molar-refractivity contribution is 8.05. The van der Waals surface area contributed by atoms with Crippen LogP contribution in [0.2, 0.25) is 0 Å². The lowest BCUT2D eigenvalue weighted by molar-refractivity contribution is 0.352. The van der Waals surface area contributed by atoms with Crippen molar-refractivity contribution in [3.05, 3.63) is 84.9 Å². The van der Waals surface area contributed by atoms with Gasteiger partial charge in [0.05, 0.1) is 33.1 Å². The largest absolute Gasteiger partial charge is 0.297 e. The van der Waals surface area contributed by atoms with Crippen LogP contribution in [0.5, 0.6) is 0 Å². The van der Waals surface area contributed by atoms with Crippen LogP contribution in [0.4, 0.5) is 5.69 Å². The second kappa shape index (κ2) is 6.50. The minimum absolute atomic E-state index is 0.691. The Morgan fingerprint density at radius 2 is 1.29 bits per heavy atom. The summed E-state index contributed by atoms with van der Waals surface area (Å²) in [5.41, 5.74) is 2.28. The maximum atomic E-state index is 2.64. The molecule has 0 amide bonds. The van der Waals surface area contributed by atoms with Crippen LogP contribution in [-0.2, 0) is 0 Å². The molecule has 0 spiro atoms. The maximum Gasteiger partial charge on any atom is 0.297 e. The highest BCUT2D eigenvalue weighted by Gasteiger charge is 2.78. The van der Waals surface area contributed by atoms with Crippen molar-refractivity contribution in [3.8, 4) is 0 Å². The fraction of sp³-hybridized carbons (Fsp3) is 0.280. The van der Waals surface area contributed by atoms with Crippen LogP contribution < -0.4 is 20.4 Å². The summed E-state index contributed by atoms with van der Waals surface area (Å²) < 4.78 is 1.13. The first-order valence-corrected chi connectivity index (χ1v) is 15.1. The van der Waals surface area contributed by atoms with Crippen molar-refractivity contribution in [2.75, 3.05) is 33.1 Å². The van der Waals surface area contributed by atoms with Crippen LogP contribution in [0.15, 0.2) is 84.9 Å². The summed E-state index contributed by atoms with van der Waals surface area (Å²) in [6.07, 6.45) is 2.77. The first kappa shape index (κ1) is 18.5. The molecule has 5 rings (SSSR count). The third-order valence-corrected chi connectivity index (χ3v) is 17.7. The van der Waals surface area contributed by atoms with Gasteiger partial charge < -0.3 is 0 Å². The van der Waals surface area contributed by atoms with Gasteiger partial charge >= 0.3 is 0 Å². The molecule has 1 fully saturated rings. The quantitative estimate of drug-likeness (QED) is 0.420. The Hall–Kier alpha value is -1.52. The predicted octanol–water partition coefficient (Wildman–Crippen LogP) is 4.90. The lowest BCUT2D eigenvalue weighted by Crippen LogP contribution is -2.57. The lowest BCUT2D eigenvalue weighted by Gasteiger charge is -2.44. The number of nitrogens with zero attached hydrogens (tertiary/aromatic N) is 1. The minimum Gasteiger partial charge on any atom is -0.225 e. The van der Waals surface area contributed by atoms with E-state index < -0.39 is 14.5 Å². The molecule has 1 saturated heterocycles. The average Bonchev–Trinajstić information content (AvgIpc) is 2.97. The highest BCUT2D eigenvalue weighted by atomic mass is 31.2. The number of fused-ring (bicyclic) bond motifs is 3. The third-order valence-electron chi connectivity index (χ3n) is 6.98. The zero-order chi connectivity index (χ0) is 19.4. The van der Waals surface area contributed by atoms with Crippen molar-refractivity contribution >= 4 is 36.1 Å². The van der Waals surface area contributed by atoms with Crippen molar-refractivity contribution < 1.29 is 0 Å². The van der Waals surface area contributed by atoms with Gasteiger partial charge in [-0.1, -0.05) is 48.5 Å². The summed E-state index contributed by atoms with van der Waals surface area (Å²) in [5, 5.41) is 4.76. The van der Waals surface area contributed by atoms with E-state index in [0.29, 0.717) is 5.52 Å². The van der Waals surface area contributed by atoms with Crippen LogP contribution in [0.3, 0.4) is 0 Å². The van der Waals surface area contributed by atoms with E-state index in [1.165, 1.54) is 19.1 Å². The SMILES string of the molecule is C[N+]12CCC[P+](C)(C)[C@@H]1[P+](c1ccccc1)(c1ccccc1)c1ccccc12. The van der Waals surface area contributed by atoms with E-state index in [4.69, 9.17) is 0 Å². The van der Waals surface area contributed by atoms with E-state index >= 15 is 0 Å². The van der Waals surface area contributed by atoms with Gasteiger partial charge in [-0.2, -0.15) is 0 Å². The Balaban J connectivity index is 1.95. The Morgan fingerprint density at radius 1 is 0.750 bits per heavy atom. The summed E-state index contributed by atoms with van der Waals surface area (Å²) in [5.74, 6) is 0. The number of quaternary nitrogens is 1. The lowest BCUT2D eigenvalue weighted by atomic mass is 10.2. The number of rotatable bonds is 2. The molecule has 1 nitrogen and oxygen atoms in total. The summed E-state index contributed by atoms with van der Waals surface area (Å²) in [6, 6.07) is 32.4. The molecule has 1 unspecified atom stereocenters. The van der Waals surface area contributed by atoms with Crippen LogP contribution in [-0.4, -0.2) is 38.6 Å². The maximum absolute atomic E-state index is 2.64. The zero-order valence-electron chi connectivity index (χ0n) is 17.1. The molecular formula is C25H30NP2+3. The van der Waals surface area contributed by atoms with E-state index in [1.807, 2.05) is 0 Å². The molecule has 3 heteroatoms. The first-order valence-electron chi connectivity index (χ1n) is 10.3. The fourth-order valence-corrected chi connectivity index (χ4v) is 19.2. The van der Waals surface area contributed by atoms with E-state index in [2.05, 4.69) is 105 Å². The Bertz CT molecular complexity index is 960. The van der Waals surface area contributed by atoms with E-state index in [9.17, 15) is 0 Å². The van der Waals surface area contributed by atoms with Crippen LogP contribution >= 0.6 is 14.5 Å². The van der Waals surface area contributed by atoms with E-state index in [0.717, 1.165) is 4.48 Å². The Kier molecular flexibility index (Phi) is 4.29. The standard InChI is InChI=1S/C25H30NP2/c1-26-19-12-20-27(2,3)25(26)28(21-13-6-4-7-14-21,22-15-8-5-9-16-22)24-18-11-10-17-23(24)26/h4-11,13-18,25H,12,19-20H2,1-3H3/q+3/t25-,26?/m1/s1. The van der Waals surface area contributed by atoms with Gasteiger partial charge in [-0.15, -0.1) is 0 Å². The van der Waals surface area contributed by atoms with Gasteiger partial charge in [-0.3, -0.25) is 0 Å². The molecule has 0 aliphatic carbocycles. The van der Waals surface area contributed by atoms with Crippen molar-refractivity contribution in [1.82, 2.24) is 4.48 Å².